The molecule has 37 heavy (non-hydrogen) atoms. The molecule has 0 spiro atoms. The van der Waals surface area contributed by atoms with Crippen LogP contribution in [0.3, 0.4) is 0 Å². The molecule has 0 saturated heterocycles. The predicted molar refractivity (Wildman–Crippen MR) is 141 cm³/mol. The second-order valence-corrected chi connectivity index (χ2v) is 9.49. The summed E-state index contributed by atoms with van der Waals surface area (Å²) in [5.74, 6) is -0.0606. The number of rotatable bonds is 5. The second kappa shape index (κ2) is 9.90. The highest BCUT2D eigenvalue weighted by Gasteiger charge is 2.40. The van der Waals surface area contributed by atoms with Gasteiger partial charge in [0, 0.05) is 28.9 Å². The summed E-state index contributed by atoms with van der Waals surface area (Å²) in [4.78, 5) is 28.1. The fourth-order valence-electron chi connectivity index (χ4n) is 5.21. The Balaban J connectivity index is 1.69. The Kier molecular flexibility index (Phi) is 6.49. The van der Waals surface area contributed by atoms with Crippen molar-refractivity contribution in [3.8, 4) is 28.8 Å². The molecule has 5 rings (SSSR count). The number of methoxy groups -OCH3 is 1. The highest BCUT2D eigenvalue weighted by molar-refractivity contribution is 6.20. The van der Waals surface area contributed by atoms with Crippen molar-refractivity contribution < 1.29 is 14.3 Å². The van der Waals surface area contributed by atoms with Crippen molar-refractivity contribution >= 4 is 17.9 Å². The number of carbonyl (C=O) groups excluding carboxylic acids is 2. The van der Waals surface area contributed by atoms with Gasteiger partial charge in [0.1, 0.15) is 17.4 Å². The lowest BCUT2D eigenvalue weighted by atomic mass is 9.92. The van der Waals surface area contributed by atoms with Gasteiger partial charge in [0.2, 0.25) is 0 Å². The minimum atomic E-state index is -0.486. The molecule has 2 aromatic carbocycles. The smallest absolute Gasteiger partial charge is 0.271 e. The second-order valence-electron chi connectivity index (χ2n) is 9.49. The normalized spacial score (nSPS) is 17.6. The summed E-state index contributed by atoms with van der Waals surface area (Å²) in [6.45, 7) is 3.64. The molecule has 0 bridgehead atoms. The quantitative estimate of drug-likeness (QED) is 0.352. The van der Waals surface area contributed by atoms with Crippen LogP contribution in [0.4, 0.5) is 0 Å². The maximum absolute atomic E-state index is 13.7. The van der Waals surface area contributed by atoms with Gasteiger partial charge in [-0.25, -0.2) is 4.68 Å². The molecule has 1 fully saturated rings. The number of benzene rings is 2. The number of imide groups is 1. The molecule has 3 aromatic rings. The van der Waals surface area contributed by atoms with Gasteiger partial charge in [-0.15, -0.1) is 0 Å². The molecule has 2 amide bonds. The van der Waals surface area contributed by atoms with E-state index in [1.807, 2.05) is 61.7 Å². The zero-order valence-electron chi connectivity index (χ0n) is 21.2. The Morgan fingerprint density at radius 2 is 1.78 bits per heavy atom. The van der Waals surface area contributed by atoms with Gasteiger partial charge in [0.05, 0.1) is 18.5 Å². The van der Waals surface area contributed by atoms with Crippen LogP contribution in [-0.4, -0.2) is 39.6 Å². The first-order chi connectivity index (χ1) is 17.9. The number of hydrogen-bond donors (Lipinski definition) is 0. The maximum atomic E-state index is 13.7. The zero-order chi connectivity index (χ0) is 26.1. The van der Waals surface area contributed by atoms with Crippen LogP contribution in [0.15, 0.2) is 71.4 Å². The standard InChI is InChI=1S/C30H28N4O3/c1-19-15-21(13-14-27(19)37-3)28-22(18-33(32-28)23-9-5-4-6-10-23)16-25-20(2)26(17-31)30(36)34(29(25)35)24-11-7-8-12-24/h4-6,9-10,13-16,18,24H,7-8,11-12H2,1-3H3/b25-16+. The molecule has 0 radical (unpaired) electrons. The molecule has 1 aliphatic carbocycles. The van der Waals surface area contributed by atoms with E-state index in [2.05, 4.69) is 6.07 Å². The van der Waals surface area contributed by atoms with Gasteiger partial charge in [0.25, 0.3) is 11.8 Å². The lowest BCUT2D eigenvalue weighted by Gasteiger charge is -2.32. The SMILES string of the molecule is COc1ccc(-c2nn(-c3ccccc3)cc2/C=C2/C(=O)N(C3CCCC3)C(=O)C(C#N)=C2C)cc1C. The molecule has 1 aliphatic heterocycles. The first kappa shape index (κ1) is 24.3. The van der Waals surface area contributed by atoms with Crippen LogP contribution >= 0.6 is 0 Å². The predicted octanol–water partition coefficient (Wildman–Crippen LogP) is 5.39. The maximum Gasteiger partial charge on any atom is 0.271 e. The molecule has 186 valence electrons. The number of ether oxygens (including phenoxy) is 1. The Hall–Kier alpha value is -4.44. The fraction of sp³-hybridized carbons (Fsp3) is 0.267. The van der Waals surface area contributed by atoms with Crippen LogP contribution in [0.1, 0.15) is 43.7 Å². The topological polar surface area (TPSA) is 88.2 Å². The molecule has 0 N–H and O–H groups in total. The van der Waals surface area contributed by atoms with E-state index in [0.717, 1.165) is 48.2 Å². The van der Waals surface area contributed by atoms with Crippen LogP contribution in [-0.2, 0) is 9.59 Å². The van der Waals surface area contributed by atoms with Gasteiger partial charge in [-0.2, -0.15) is 10.4 Å². The number of para-hydroxylation sites is 1. The first-order valence-electron chi connectivity index (χ1n) is 12.4. The number of nitrogens with zero attached hydrogens (tertiary/aromatic N) is 4. The van der Waals surface area contributed by atoms with Gasteiger partial charge in [-0.3, -0.25) is 14.5 Å². The van der Waals surface area contributed by atoms with Gasteiger partial charge in [0.15, 0.2) is 0 Å². The molecule has 0 atom stereocenters. The fourth-order valence-corrected chi connectivity index (χ4v) is 5.21. The van der Waals surface area contributed by atoms with E-state index >= 15 is 0 Å². The van der Waals surface area contributed by atoms with Crippen LogP contribution in [0.2, 0.25) is 0 Å². The molecule has 0 unspecified atom stereocenters. The van der Waals surface area contributed by atoms with Crippen molar-refractivity contribution in [2.24, 2.45) is 0 Å². The molecule has 2 heterocycles. The summed E-state index contributed by atoms with van der Waals surface area (Å²) in [5.41, 5.74) is 4.88. The molecule has 7 heteroatoms. The van der Waals surface area contributed by atoms with Crippen LogP contribution in [0.25, 0.3) is 23.0 Å². The third-order valence-corrected chi connectivity index (χ3v) is 7.19. The van der Waals surface area contributed by atoms with Gasteiger partial charge in [-0.1, -0.05) is 31.0 Å². The Morgan fingerprint density at radius 3 is 2.43 bits per heavy atom. The zero-order valence-corrected chi connectivity index (χ0v) is 21.2. The van der Waals surface area contributed by atoms with Crippen LogP contribution in [0, 0.1) is 18.3 Å². The third kappa shape index (κ3) is 4.36. The molecular weight excluding hydrogens is 464 g/mol. The average Bonchev–Trinajstić information content (AvgIpc) is 3.58. The molecular formula is C30H28N4O3. The van der Waals surface area contributed by atoms with Gasteiger partial charge < -0.3 is 4.74 Å². The Morgan fingerprint density at radius 1 is 1.05 bits per heavy atom. The molecule has 2 aliphatic rings. The van der Waals surface area contributed by atoms with E-state index in [4.69, 9.17) is 9.84 Å². The van der Waals surface area contributed by atoms with E-state index in [1.54, 1.807) is 24.8 Å². The van der Waals surface area contributed by atoms with Crippen molar-refractivity contribution in [3.05, 3.63) is 82.6 Å². The Labute approximate surface area is 216 Å². The number of hydrogen-bond acceptors (Lipinski definition) is 5. The average molecular weight is 493 g/mol. The van der Waals surface area contributed by atoms with Crippen molar-refractivity contribution in [1.82, 2.24) is 14.7 Å². The van der Waals surface area contributed by atoms with Gasteiger partial charge in [-0.05, 0) is 74.2 Å². The summed E-state index contributed by atoms with van der Waals surface area (Å²) < 4.78 is 7.21. The summed E-state index contributed by atoms with van der Waals surface area (Å²) >= 11 is 0. The van der Waals surface area contributed by atoms with Crippen molar-refractivity contribution in [1.29, 1.82) is 5.26 Å². The summed E-state index contributed by atoms with van der Waals surface area (Å²) in [6.07, 6.45) is 7.12. The first-order valence-corrected chi connectivity index (χ1v) is 12.4. The number of carbonyl (C=O) groups is 2. The minimum Gasteiger partial charge on any atom is -0.496 e. The monoisotopic (exact) mass is 492 g/mol. The van der Waals surface area contributed by atoms with Crippen molar-refractivity contribution in [2.75, 3.05) is 7.11 Å². The largest absolute Gasteiger partial charge is 0.496 e. The molecule has 1 saturated carbocycles. The van der Waals surface area contributed by atoms with Crippen LogP contribution < -0.4 is 4.74 Å². The highest BCUT2D eigenvalue weighted by atomic mass is 16.5. The number of aromatic nitrogens is 2. The van der Waals surface area contributed by atoms with Crippen molar-refractivity contribution in [3.63, 3.8) is 0 Å². The third-order valence-electron chi connectivity index (χ3n) is 7.19. The van der Waals surface area contributed by atoms with E-state index in [9.17, 15) is 14.9 Å². The minimum absolute atomic E-state index is 0.0232. The van der Waals surface area contributed by atoms with Gasteiger partial charge >= 0.3 is 0 Å². The lowest BCUT2D eigenvalue weighted by molar-refractivity contribution is -0.143. The molecule has 1 aromatic heterocycles. The number of amides is 2. The summed E-state index contributed by atoms with van der Waals surface area (Å²) in [5, 5.41) is 14.7. The molecule has 7 nitrogen and oxygen atoms in total. The Bertz CT molecular complexity index is 1480. The highest BCUT2D eigenvalue weighted by Crippen LogP contribution is 2.35. The summed E-state index contributed by atoms with van der Waals surface area (Å²) in [7, 11) is 1.63. The summed E-state index contributed by atoms with van der Waals surface area (Å²) in [6, 6.07) is 17.4. The van der Waals surface area contributed by atoms with E-state index < -0.39 is 5.91 Å². The number of nitriles is 1. The van der Waals surface area contributed by atoms with Crippen molar-refractivity contribution in [2.45, 2.75) is 45.6 Å². The van der Waals surface area contributed by atoms with E-state index in [-0.39, 0.29) is 17.5 Å². The lowest BCUT2D eigenvalue weighted by Crippen LogP contribution is -2.47. The van der Waals surface area contributed by atoms with E-state index in [1.165, 1.54) is 4.90 Å². The van der Waals surface area contributed by atoms with Crippen LogP contribution in [0.5, 0.6) is 5.75 Å². The number of aryl methyl sites for hydroxylation is 1. The van der Waals surface area contributed by atoms with E-state index in [0.29, 0.717) is 22.4 Å².